The molecular formula is C22H25ClN4O5S. The monoisotopic (exact) mass is 492 g/mol. The molecule has 1 unspecified atom stereocenters. The number of aliphatic imine (C=N–C) groups is 1. The van der Waals surface area contributed by atoms with Crippen LogP contribution in [0, 0.1) is 5.92 Å². The molecule has 0 aliphatic carbocycles. The van der Waals surface area contributed by atoms with Gasteiger partial charge in [-0.05, 0) is 42.8 Å². The molecule has 0 bridgehead atoms. The largest absolute Gasteiger partial charge is 0.495 e. The molecule has 2 aromatic rings. The van der Waals surface area contributed by atoms with Gasteiger partial charge in [0.15, 0.2) is 0 Å². The van der Waals surface area contributed by atoms with Crippen molar-refractivity contribution in [3.8, 4) is 11.5 Å². The number of hydrogen-bond acceptors (Lipinski definition) is 7. The molecule has 11 heteroatoms. The Morgan fingerprint density at radius 2 is 1.88 bits per heavy atom. The summed E-state index contributed by atoms with van der Waals surface area (Å²) >= 11 is 5.93. The normalized spacial score (nSPS) is 15.4. The summed E-state index contributed by atoms with van der Waals surface area (Å²) in [7, 11) is -1.01. The molecular weight excluding hydrogens is 468 g/mol. The molecule has 3 rings (SSSR count). The summed E-state index contributed by atoms with van der Waals surface area (Å²) in [5, 5.41) is 6.30. The minimum absolute atomic E-state index is 0.101. The number of hydrogen-bond donors (Lipinski definition) is 3. The molecule has 0 saturated heterocycles. The average molecular weight is 493 g/mol. The molecule has 0 spiro atoms. The fraction of sp³-hybridized carbons (Fsp3) is 0.273. The molecule has 1 atom stereocenters. The van der Waals surface area contributed by atoms with Crippen LogP contribution in [0.5, 0.6) is 11.5 Å². The van der Waals surface area contributed by atoms with Crippen molar-refractivity contribution in [3.63, 3.8) is 0 Å². The smallest absolute Gasteiger partial charge is 0.266 e. The highest BCUT2D eigenvalue weighted by Gasteiger charge is 2.24. The molecule has 1 aliphatic rings. The Hall–Kier alpha value is -3.24. The van der Waals surface area contributed by atoms with E-state index in [4.69, 9.17) is 21.1 Å². The third-order valence-corrected chi connectivity index (χ3v) is 6.41. The van der Waals surface area contributed by atoms with Crippen LogP contribution in [0.1, 0.15) is 6.42 Å². The molecule has 0 radical (unpaired) electrons. The van der Waals surface area contributed by atoms with Crippen LogP contribution in [-0.2, 0) is 14.8 Å². The maximum atomic E-state index is 12.7. The molecule has 1 amide bonds. The lowest BCUT2D eigenvalue weighted by atomic mass is 10.0. The predicted octanol–water partition coefficient (Wildman–Crippen LogP) is 2.80. The van der Waals surface area contributed by atoms with Gasteiger partial charge >= 0.3 is 0 Å². The number of carbonyl (C=O) groups excluding carboxylic acids is 1. The van der Waals surface area contributed by atoms with Crippen LogP contribution in [0.2, 0.25) is 5.02 Å². The predicted molar refractivity (Wildman–Crippen MR) is 128 cm³/mol. The maximum Gasteiger partial charge on any atom is 0.266 e. The Morgan fingerprint density at radius 3 is 2.58 bits per heavy atom. The number of halogens is 1. The zero-order valence-corrected chi connectivity index (χ0v) is 19.7. The Balaban J connectivity index is 1.51. The molecule has 1 aliphatic heterocycles. The van der Waals surface area contributed by atoms with E-state index in [-0.39, 0.29) is 27.4 Å². The third-order valence-electron chi connectivity index (χ3n) is 4.80. The van der Waals surface area contributed by atoms with Crippen molar-refractivity contribution in [3.05, 3.63) is 59.4 Å². The second-order valence-electron chi connectivity index (χ2n) is 7.03. The zero-order chi connectivity index (χ0) is 23.8. The highest BCUT2D eigenvalue weighted by Crippen LogP contribution is 2.28. The van der Waals surface area contributed by atoms with Crippen LogP contribution < -0.4 is 24.8 Å². The van der Waals surface area contributed by atoms with Crippen molar-refractivity contribution in [1.82, 2.24) is 10.0 Å². The Labute approximate surface area is 197 Å². The number of nitrogens with zero attached hydrogens (tertiary/aromatic N) is 1. The summed E-state index contributed by atoms with van der Waals surface area (Å²) in [6.07, 6.45) is 3.29. The molecule has 0 fully saturated rings. The summed E-state index contributed by atoms with van der Waals surface area (Å²) in [5.41, 5.74) is 0.838. The first kappa shape index (κ1) is 24.4. The van der Waals surface area contributed by atoms with Crippen LogP contribution in [-0.4, -0.2) is 47.8 Å². The molecule has 3 N–H and O–H groups in total. The number of ether oxygens (including phenoxy) is 2. The number of amides is 1. The second kappa shape index (κ2) is 11.1. The fourth-order valence-corrected chi connectivity index (χ4v) is 4.58. The Morgan fingerprint density at radius 1 is 1.12 bits per heavy atom. The van der Waals surface area contributed by atoms with Gasteiger partial charge < -0.3 is 20.1 Å². The van der Waals surface area contributed by atoms with Gasteiger partial charge in [-0.15, -0.1) is 0 Å². The molecule has 176 valence electrons. The van der Waals surface area contributed by atoms with Gasteiger partial charge in [-0.1, -0.05) is 23.7 Å². The highest BCUT2D eigenvalue weighted by atomic mass is 35.5. The number of benzene rings is 2. The van der Waals surface area contributed by atoms with E-state index in [0.717, 1.165) is 11.4 Å². The van der Waals surface area contributed by atoms with E-state index in [1.165, 1.54) is 31.5 Å². The summed E-state index contributed by atoms with van der Waals surface area (Å²) in [5.74, 6) is 0.310. The average Bonchev–Trinajstić information content (AvgIpc) is 2.82. The first-order valence-electron chi connectivity index (χ1n) is 10.1. The fourth-order valence-electron chi connectivity index (χ4n) is 3.12. The van der Waals surface area contributed by atoms with Crippen LogP contribution >= 0.6 is 11.6 Å². The number of nitrogens with one attached hydrogen (secondary N) is 3. The Kier molecular flexibility index (Phi) is 8.18. The number of carbonyl (C=O) groups is 1. The summed E-state index contributed by atoms with van der Waals surface area (Å²) < 4.78 is 38.2. The SMILES string of the molecule is COc1ccccc1NCCNC(=O)C1C=NC(NS(=O)(=O)c2cc(Cl)ccc2OC)=CC1. The standard InChI is InChI=1S/C22H25ClN4O5S/c1-31-18-6-4-3-5-17(18)24-11-12-25-22(28)15-7-10-21(26-14-15)27-33(29,30)20-13-16(23)8-9-19(20)32-2/h3-6,8-10,13-15,24,27H,7,11-12H2,1-2H3,(H,25,28). The Bertz CT molecular complexity index is 1170. The van der Waals surface area contributed by atoms with Gasteiger partial charge in [-0.3, -0.25) is 9.52 Å². The van der Waals surface area contributed by atoms with Crippen molar-refractivity contribution >= 4 is 39.4 Å². The highest BCUT2D eigenvalue weighted by molar-refractivity contribution is 7.89. The van der Waals surface area contributed by atoms with E-state index >= 15 is 0 Å². The number of sulfonamides is 1. The molecule has 0 saturated carbocycles. The van der Waals surface area contributed by atoms with Gasteiger partial charge in [-0.2, -0.15) is 0 Å². The first-order chi connectivity index (χ1) is 15.8. The minimum Gasteiger partial charge on any atom is -0.495 e. The topological polar surface area (TPSA) is 118 Å². The van der Waals surface area contributed by atoms with Crippen LogP contribution in [0.3, 0.4) is 0 Å². The number of methoxy groups -OCH3 is 2. The van der Waals surface area contributed by atoms with Crippen LogP contribution in [0.25, 0.3) is 0 Å². The van der Waals surface area contributed by atoms with Gasteiger partial charge in [0, 0.05) is 24.3 Å². The quantitative estimate of drug-likeness (QED) is 0.439. The van der Waals surface area contributed by atoms with E-state index in [9.17, 15) is 13.2 Å². The number of anilines is 1. The van der Waals surface area contributed by atoms with Gasteiger partial charge in [0.2, 0.25) is 5.91 Å². The van der Waals surface area contributed by atoms with Crippen molar-refractivity contribution < 1.29 is 22.7 Å². The van der Waals surface area contributed by atoms with Gasteiger partial charge in [0.1, 0.15) is 22.2 Å². The third kappa shape index (κ3) is 6.39. The minimum atomic E-state index is -3.97. The van der Waals surface area contributed by atoms with Crippen molar-refractivity contribution in [2.24, 2.45) is 10.9 Å². The number of para-hydroxylation sites is 2. The second-order valence-corrected chi connectivity index (χ2v) is 9.12. The van der Waals surface area contributed by atoms with Crippen LogP contribution in [0.15, 0.2) is 64.2 Å². The van der Waals surface area contributed by atoms with Gasteiger partial charge in [-0.25, -0.2) is 13.4 Å². The molecule has 0 aromatic heterocycles. The van der Waals surface area contributed by atoms with Crippen molar-refractivity contribution in [1.29, 1.82) is 0 Å². The number of rotatable bonds is 10. The van der Waals surface area contributed by atoms with E-state index in [0.29, 0.717) is 19.5 Å². The lowest BCUT2D eigenvalue weighted by Gasteiger charge is -2.17. The molecule has 1 heterocycles. The van der Waals surface area contributed by atoms with E-state index in [2.05, 4.69) is 20.3 Å². The molecule has 33 heavy (non-hydrogen) atoms. The molecule has 9 nitrogen and oxygen atoms in total. The number of allylic oxidation sites excluding steroid dienone is 1. The van der Waals surface area contributed by atoms with E-state index in [1.807, 2.05) is 24.3 Å². The first-order valence-corrected chi connectivity index (χ1v) is 12.0. The lowest BCUT2D eigenvalue weighted by molar-refractivity contribution is -0.122. The lowest BCUT2D eigenvalue weighted by Crippen LogP contribution is -2.36. The molecule has 2 aromatic carbocycles. The summed E-state index contributed by atoms with van der Waals surface area (Å²) in [4.78, 5) is 16.4. The van der Waals surface area contributed by atoms with Crippen molar-refractivity contribution in [2.75, 3.05) is 32.6 Å². The van der Waals surface area contributed by atoms with Gasteiger partial charge in [0.25, 0.3) is 10.0 Å². The summed E-state index contributed by atoms with van der Waals surface area (Å²) in [6, 6.07) is 11.8. The summed E-state index contributed by atoms with van der Waals surface area (Å²) in [6.45, 7) is 0.914. The van der Waals surface area contributed by atoms with E-state index in [1.54, 1.807) is 13.2 Å². The van der Waals surface area contributed by atoms with Gasteiger partial charge in [0.05, 0.1) is 25.8 Å². The maximum absolute atomic E-state index is 12.7. The van der Waals surface area contributed by atoms with E-state index < -0.39 is 15.9 Å². The van der Waals surface area contributed by atoms with Crippen molar-refractivity contribution in [2.45, 2.75) is 11.3 Å². The zero-order valence-electron chi connectivity index (χ0n) is 18.2. The van der Waals surface area contributed by atoms with Crippen LogP contribution in [0.4, 0.5) is 5.69 Å².